The van der Waals surface area contributed by atoms with Crippen molar-refractivity contribution in [3.8, 4) is 0 Å². The lowest BCUT2D eigenvalue weighted by molar-refractivity contribution is 0.0993. The Balaban J connectivity index is 1.57. The van der Waals surface area contributed by atoms with Gasteiger partial charge in [0.25, 0.3) is 5.91 Å². The maximum Gasteiger partial charge on any atom is 0.258 e. The zero-order chi connectivity index (χ0) is 20.4. The summed E-state index contributed by atoms with van der Waals surface area (Å²) in [5, 5.41) is 0. The molecule has 0 aliphatic carbocycles. The van der Waals surface area contributed by atoms with Gasteiger partial charge in [0.05, 0.1) is 11.0 Å². The second-order valence-corrected chi connectivity index (χ2v) is 7.08. The van der Waals surface area contributed by atoms with Gasteiger partial charge in [-0.05, 0) is 55.3 Å². The maximum absolute atomic E-state index is 12.7. The summed E-state index contributed by atoms with van der Waals surface area (Å²) in [5.74, 6) is 0.401. The second-order valence-electron chi connectivity index (χ2n) is 7.08. The second kappa shape index (κ2) is 7.75. The molecule has 29 heavy (non-hydrogen) atoms. The Morgan fingerprint density at radius 1 is 1.10 bits per heavy atom. The normalized spacial score (nSPS) is 11.0. The molecule has 4 aromatic rings. The molecular weight excluding hydrogens is 362 g/mol. The molecule has 1 amide bonds. The molecule has 0 saturated heterocycles. The minimum Gasteiger partial charge on any atom is -0.369 e. The third-order valence-electron chi connectivity index (χ3n) is 5.07. The number of aryl methyl sites for hydroxylation is 3. The molecule has 0 aliphatic heterocycles. The molecular formula is C23H23N5O. The van der Waals surface area contributed by atoms with Gasteiger partial charge in [-0.15, -0.1) is 0 Å². The van der Waals surface area contributed by atoms with Gasteiger partial charge in [0.1, 0.15) is 0 Å². The molecule has 146 valence electrons. The molecule has 6 heteroatoms. The van der Waals surface area contributed by atoms with E-state index in [4.69, 9.17) is 5.73 Å². The lowest BCUT2D eigenvalue weighted by Gasteiger charge is -2.17. The van der Waals surface area contributed by atoms with Crippen molar-refractivity contribution in [3.63, 3.8) is 0 Å². The maximum atomic E-state index is 12.7. The number of benzene rings is 2. The Hall–Kier alpha value is -3.67. The first-order valence-corrected chi connectivity index (χ1v) is 9.53. The summed E-state index contributed by atoms with van der Waals surface area (Å²) in [4.78, 5) is 23.2. The van der Waals surface area contributed by atoms with Gasteiger partial charge in [0.15, 0.2) is 0 Å². The Morgan fingerprint density at radius 2 is 1.90 bits per heavy atom. The van der Waals surface area contributed by atoms with E-state index in [1.165, 1.54) is 0 Å². The van der Waals surface area contributed by atoms with Gasteiger partial charge in [-0.3, -0.25) is 9.78 Å². The number of carbonyl (C=O) groups is 1. The fourth-order valence-corrected chi connectivity index (χ4v) is 3.36. The van der Waals surface area contributed by atoms with E-state index < -0.39 is 0 Å². The smallest absolute Gasteiger partial charge is 0.258 e. The minimum atomic E-state index is -0.0655. The summed E-state index contributed by atoms with van der Waals surface area (Å²) in [6, 6.07) is 19.1. The number of nitrogens with zero attached hydrogens (tertiary/aromatic N) is 4. The number of hydrogen-bond acceptors (Lipinski definition) is 4. The number of fused-ring (bicyclic) bond motifs is 1. The highest BCUT2D eigenvalue weighted by molar-refractivity contribution is 6.06. The van der Waals surface area contributed by atoms with Crippen LogP contribution in [0, 0.1) is 6.92 Å². The molecule has 0 spiro atoms. The van der Waals surface area contributed by atoms with E-state index in [9.17, 15) is 4.79 Å². The van der Waals surface area contributed by atoms with Gasteiger partial charge in [-0.1, -0.05) is 24.3 Å². The molecule has 0 fully saturated rings. The Bertz CT molecular complexity index is 1150. The van der Waals surface area contributed by atoms with Gasteiger partial charge < -0.3 is 15.2 Å². The number of pyridine rings is 1. The largest absolute Gasteiger partial charge is 0.369 e. The van der Waals surface area contributed by atoms with Crippen LogP contribution in [0.4, 0.5) is 11.6 Å². The van der Waals surface area contributed by atoms with Crippen LogP contribution >= 0.6 is 0 Å². The first-order chi connectivity index (χ1) is 14.0. The molecule has 0 atom stereocenters. The summed E-state index contributed by atoms with van der Waals surface area (Å²) in [7, 11) is 1.77. The molecule has 2 aromatic carbocycles. The average Bonchev–Trinajstić information content (AvgIpc) is 3.07. The van der Waals surface area contributed by atoms with Gasteiger partial charge in [-0.25, -0.2) is 4.98 Å². The Kier molecular flexibility index (Phi) is 4.99. The van der Waals surface area contributed by atoms with Gasteiger partial charge in [0.2, 0.25) is 5.95 Å². The molecule has 2 N–H and O–H groups in total. The van der Waals surface area contributed by atoms with E-state index in [1.54, 1.807) is 11.9 Å². The zero-order valence-corrected chi connectivity index (χ0v) is 16.5. The van der Waals surface area contributed by atoms with Crippen LogP contribution in [-0.2, 0) is 13.0 Å². The Labute approximate surface area is 169 Å². The van der Waals surface area contributed by atoms with E-state index in [0.29, 0.717) is 18.1 Å². The van der Waals surface area contributed by atoms with Gasteiger partial charge in [0, 0.05) is 36.7 Å². The predicted molar refractivity (Wildman–Crippen MR) is 116 cm³/mol. The third-order valence-corrected chi connectivity index (χ3v) is 5.07. The highest BCUT2D eigenvalue weighted by Crippen LogP contribution is 2.25. The Morgan fingerprint density at radius 3 is 2.62 bits per heavy atom. The van der Waals surface area contributed by atoms with Crippen LogP contribution in [0.25, 0.3) is 11.0 Å². The summed E-state index contributed by atoms with van der Waals surface area (Å²) in [5.41, 5.74) is 11.5. The summed E-state index contributed by atoms with van der Waals surface area (Å²) in [6.45, 7) is 2.69. The van der Waals surface area contributed by atoms with Crippen LogP contribution < -0.4 is 10.6 Å². The third kappa shape index (κ3) is 3.82. The topological polar surface area (TPSA) is 77.0 Å². The van der Waals surface area contributed by atoms with Crippen molar-refractivity contribution in [2.75, 3.05) is 17.7 Å². The van der Waals surface area contributed by atoms with Crippen molar-refractivity contribution in [1.29, 1.82) is 0 Å². The molecule has 0 unspecified atom stereocenters. The monoisotopic (exact) mass is 385 g/mol. The number of nitrogen functional groups attached to an aromatic ring is 1. The van der Waals surface area contributed by atoms with Crippen LogP contribution in [-0.4, -0.2) is 27.5 Å². The zero-order valence-electron chi connectivity index (χ0n) is 16.5. The molecule has 2 aromatic heterocycles. The van der Waals surface area contributed by atoms with Crippen LogP contribution in [0.3, 0.4) is 0 Å². The van der Waals surface area contributed by atoms with Crippen LogP contribution in [0.2, 0.25) is 0 Å². The number of hydrogen-bond donors (Lipinski definition) is 1. The lowest BCUT2D eigenvalue weighted by atomic mass is 10.2. The molecule has 0 saturated carbocycles. The number of imidazole rings is 1. The average molecular weight is 385 g/mol. The van der Waals surface area contributed by atoms with Gasteiger partial charge in [-0.2, -0.15) is 0 Å². The van der Waals surface area contributed by atoms with E-state index in [-0.39, 0.29) is 5.91 Å². The van der Waals surface area contributed by atoms with Crippen molar-refractivity contribution in [3.05, 3.63) is 83.7 Å². The van der Waals surface area contributed by atoms with E-state index >= 15 is 0 Å². The SMILES string of the molecule is Cc1ccc(CCn2c(N)nc3cc(N(C)C(=O)c4ccccc4)ccc32)cn1. The summed E-state index contributed by atoms with van der Waals surface area (Å²) < 4.78 is 2.00. The fraction of sp³-hybridized carbons (Fsp3) is 0.174. The van der Waals surface area contributed by atoms with Crippen LogP contribution in [0.15, 0.2) is 66.9 Å². The minimum absolute atomic E-state index is 0.0655. The number of aromatic nitrogens is 3. The van der Waals surface area contributed by atoms with Crippen molar-refractivity contribution in [2.24, 2.45) is 0 Å². The standard InChI is InChI=1S/C23H23N5O/c1-16-8-9-17(15-25-16)12-13-28-21-11-10-19(14-20(21)26-23(28)24)27(2)22(29)18-6-4-3-5-7-18/h3-11,14-15H,12-13H2,1-2H3,(H2,24,26). The number of amides is 1. The molecule has 0 aliphatic rings. The number of carbonyl (C=O) groups excluding carboxylic acids is 1. The van der Waals surface area contributed by atoms with Crippen molar-refractivity contribution < 1.29 is 4.79 Å². The molecule has 0 bridgehead atoms. The van der Waals surface area contributed by atoms with E-state index in [0.717, 1.165) is 34.4 Å². The van der Waals surface area contributed by atoms with E-state index in [2.05, 4.69) is 16.0 Å². The fourth-order valence-electron chi connectivity index (χ4n) is 3.36. The van der Waals surface area contributed by atoms with E-state index in [1.807, 2.05) is 72.3 Å². The number of anilines is 2. The van der Waals surface area contributed by atoms with Crippen LogP contribution in [0.5, 0.6) is 0 Å². The molecule has 6 nitrogen and oxygen atoms in total. The molecule has 2 heterocycles. The number of nitrogens with two attached hydrogens (primary N) is 1. The van der Waals surface area contributed by atoms with Crippen molar-refractivity contribution >= 4 is 28.6 Å². The first kappa shape index (κ1) is 18.7. The quantitative estimate of drug-likeness (QED) is 0.566. The lowest BCUT2D eigenvalue weighted by Crippen LogP contribution is -2.26. The summed E-state index contributed by atoms with van der Waals surface area (Å²) >= 11 is 0. The summed E-state index contributed by atoms with van der Waals surface area (Å²) in [6.07, 6.45) is 2.71. The molecule has 0 radical (unpaired) electrons. The first-order valence-electron chi connectivity index (χ1n) is 9.53. The van der Waals surface area contributed by atoms with Crippen molar-refractivity contribution in [1.82, 2.24) is 14.5 Å². The number of rotatable bonds is 5. The predicted octanol–water partition coefficient (Wildman–Crippen LogP) is 3.84. The molecule has 4 rings (SSSR count). The highest BCUT2D eigenvalue weighted by atomic mass is 16.2. The highest BCUT2D eigenvalue weighted by Gasteiger charge is 2.15. The van der Waals surface area contributed by atoms with Crippen molar-refractivity contribution in [2.45, 2.75) is 19.9 Å². The van der Waals surface area contributed by atoms with Crippen LogP contribution in [0.1, 0.15) is 21.6 Å². The van der Waals surface area contributed by atoms with Gasteiger partial charge >= 0.3 is 0 Å².